The van der Waals surface area contributed by atoms with Crippen LogP contribution in [0.25, 0.3) is 22.0 Å². The first-order valence-corrected chi connectivity index (χ1v) is 7.18. The van der Waals surface area contributed by atoms with Crippen LogP contribution in [0.15, 0.2) is 54.6 Å². The molecule has 3 nitrogen and oxygen atoms in total. The third kappa shape index (κ3) is 3.01. The molecule has 3 rings (SSSR count). The highest BCUT2D eigenvalue weighted by Crippen LogP contribution is 2.26. The number of anilines is 1. The SMILES string of the molecule is CNc1ccc(-c2ccc3nc(OCC[18F])ccc3c2)cc1. The molecule has 1 heterocycles. The lowest BCUT2D eigenvalue weighted by atomic mass is 10.0. The van der Waals surface area contributed by atoms with Crippen molar-refractivity contribution in [2.75, 3.05) is 25.6 Å². The molecule has 1 aromatic heterocycles. The van der Waals surface area contributed by atoms with Crippen molar-refractivity contribution >= 4 is 16.6 Å². The molecular weight excluding hydrogens is 278 g/mol. The number of fused-ring (bicyclic) bond motifs is 1. The van der Waals surface area contributed by atoms with Gasteiger partial charge in [-0.05, 0) is 41.5 Å². The number of aromatic nitrogens is 1. The van der Waals surface area contributed by atoms with Gasteiger partial charge in [0.25, 0.3) is 0 Å². The summed E-state index contributed by atoms with van der Waals surface area (Å²) in [7, 11) is 1.90. The summed E-state index contributed by atoms with van der Waals surface area (Å²) >= 11 is 0. The Morgan fingerprint density at radius 3 is 2.50 bits per heavy atom. The van der Waals surface area contributed by atoms with E-state index in [1.165, 1.54) is 0 Å². The Bertz CT molecular complexity index is 772. The van der Waals surface area contributed by atoms with Crippen molar-refractivity contribution in [3.63, 3.8) is 0 Å². The molecule has 22 heavy (non-hydrogen) atoms. The molecule has 0 aliphatic heterocycles. The second-order valence-corrected chi connectivity index (χ2v) is 4.92. The van der Waals surface area contributed by atoms with Crippen LogP contribution in [0.1, 0.15) is 0 Å². The summed E-state index contributed by atoms with van der Waals surface area (Å²) in [5, 5.41) is 4.14. The van der Waals surface area contributed by atoms with Crippen LogP contribution in [0, 0.1) is 0 Å². The zero-order chi connectivity index (χ0) is 15.4. The predicted molar refractivity (Wildman–Crippen MR) is 88.2 cm³/mol. The van der Waals surface area contributed by atoms with Crippen LogP contribution in [-0.2, 0) is 0 Å². The van der Waals surface area contributed by atoms with Gasteiger partial charge in [-0.15, -0.1) is 0 Å². The maximum Gasteiger partial charge on any atom is 0.213 e. The normalized spacial score (nSPS) is 10.6. The summed E-state index contributed by atoms with van der Waals surface area (Å²) in [5.74, 6) is 0.455. The van der Waals surface area contributed by atoms with E-state index in [1.54, 1.807) is 6.07 Å². The molecule has 0 amide bonds. The summed E-state index contributed by atoms with van der Waals surface area (Å²) < 4.78 is 17.3. The van der Waals surface area contributed by atoms with Gasteiger partial charge in [0.1, 0.15) is 13.3 Å². The fraction of sp³-hybridized carbons (Fsp3) is 0.167. The van der Waals surface area contributed by atoms with Crippen molar-refractivity contribution in [2.24, 2.45) is 0 Å². The molecule has 0 bridgehead atoms. The highest BCUT2D eigenvalue weighted by atomic mass is 18.2. The summed E-state index contributed by atoms with van der Waals surface area (Å²) in [6, 6.07) is 18.1. The van der Waals surface area contributed by atoms with Gasteiger partial charge in [0.05, 0.1) is 5.52 Å². The number of pyridine rings is 1. The van der Waals surface area contributed by atoms with E-state index in [0.717, 1.165) is 27.7 Å². The molecule has 0 atom stereocenters. The molecule has 0 unspecified atom stereocenters. The van der Waals surface area contributed by atoms with E-state index >= 15 is 0 Å². The number of nitrogens with one attached hydrogen (secondary N) is 1. The van der Waals surface area contributed by atoms with Crippen LogP contribution < -0.4 is 10.1 Å². The van der Waals surface area contributed by atoms with E-state index in [0.29, 0.717) is 5.88 Å². The fourth-order valence-electron chi connectivity index (χ4n) is 2.34. The van der Waals surface area contributed by atoms with Gasteiger partial charge in [-0.2, -0.15) is 0 Å². The average molecular weight is 295 g/mol. The topological polar surface area (TPSA) is 34.2 Å². The number of benzene rings is 2. The van der Waals surface area contributed by atoms with Crippen molar-refractivity contribution in [3.8, 4) is 17.0 Å². The number of hydrogen-bond donors (Lipinski definition) is 1. The lowest BCUT2D eigenvalue weighted by Crippen LogP contribution is -2.00. The molecule has 112 valence electrons. The number of halogens is 1. The predicted octanol–water partition coefficient (Wildman–Crippen LogP) is 4.29. The van der Waals surface area contributed by atoms with Gasteiger partial charge in [-0.3, -0.25) is 0 Å². The smallest absolute Gasteiger partial charge is 0.213 e. The van der Waals surface area contributed by atoms with Crippen LogP contribution >= 0.6 is 0 Å². The lowest BCUT2D eigenvalue weighted by Gasteiger charge is -2.07. The Hall–Kier alpha value is -2.62. The highest BCUT2D eigenvalue weighted by Gasteiger charge is 2.03. The van der Waals surface area contributed by atoms with Gasteiger partial charge in [-0.1, -0.05) is 18.2 Å². The fourth-order valence-corrected chi connectivity index (χ4v) is 2.34. The minimum Gasteiger partial charge on any atom is -0.475 e. The van der Waals surface area contributed by atoms with Crippen LogP contribution in [0.3, 0.4) is 0 Å². The van der Waals surface area contributed by atoms with Crippen LogP contribution in [0.4, 0.5) is 10.1 Å². The zero-order valence-corrected chi connectivity index (χ0v) is 12.3. The van der Waals surface area contributed by atoms with E-state index in [1.807, 2.05) is 37.4 Å². The minimum atomic E-state index is -0.513. The summed E-state index contributed by atoms with van der Waals surface area (Å²) in [6.07, 6.45) is 0. The van der Waals surface area contributed by atoms with E-state index in [9.17, 15) is 4.39 Å². The first-order valence-electron chi connectivity index (χ1n) is 7.18. The third-order valence-electron chi connectivity index (χ3n) is 3.50. The Morgan fingerprint density at radius 1 is 1.00 bits per heavy atom. The molecule has 4 heteroatoms. The van der Waals surface area contributed by atoms with Gasteiger partial charge in [0, 0.05) is 24.2 Å². The zero-order valence-electron chi connectivity index (χ0n) is 12.3. The Balaban J connectivity index is 1.91. The summed E-state index contributed by atoms with van der Waals surface area (Å²) in [6.45, 7) is -0.477. The molecule has 0 fully saturated rings. The summed E-state index contributed by atoms with van der Waals surface area (Å²) in [4.78, 5) is 4.38. The second kappa shape index (κ2) is 6.43. The maximum atomic E-state index is 12.1. The number of rotatable bonds is 5. The minimum absolute atomic E-state index is 0.0361. The molecule has 1 N–H and O–H groups in total. The molecule has 2 aromatic carbocycles. The van der Waals surface area contributed by atoms with E-state index in [2.05, 4.69) is 28.5 Å². The second-order valence-electron chi connectivity index (χ2n) is 4.92. The van der Waals surface area contributed by atoms with Gasteiger partial charge >= 0.3 is 0 Å². The Morgan fingerprint density at radius 2 is 1.77 bits per heavy atom. The summed E-state index contributed by atoms with van der Waals surface area (Å²) in [5.41, 5.74) is 4.21. The average Bonchev–Trinajstić information content (AvgIpc) is 2.59. The standard InChI is InChI=1S/C18H17FN2O/c1-20-16-6-2-13(3-7-16)14-4-8-17-15(12-14)5-9-18(21-17)22-11-10-19/h2-9,12,20H,10-11H2,1H3/i19-1. The van der Waals surface area contributed by atoms with Crippen LogP contribution in [0.5, 0.6) is 5.88 Å². The van der Waals surface area contributed by atoms with E-state index < -0.39 is 6.67 Å². The van der Waals surface area contributed by atoms with Gasteiger partial charge in [0.2, 0.25) is 5.88 Å². The first-order chi connectivity index (χ1) is 10.8. The van der Waals surface area contributed by atoms with Gasteiger partial charge < -0.3 is 10.1 Å². The largest absolute Gasteiger partial charge is 0.475 e. The van der Waals surface area contributed by atoms with Crippen molar-refractivity contribution in [2.45, 2.75) is 0 Å². The van der Waals surface area contributed by atoms with Crippen molar-refractivity contribution in [1.82, 2.24) is 4.98 Å². The van der Waals surface area contributed by atoms with Crippen LogP contribution in [-0.4, -0.2) is 25.3 Å². The van der Waals surface area contributed by atoms with Gasteiger partial charge in [0.15, 0.2) is 0 Å². The van der Waals surface area contributed by atoms with Crippen molar-refractivity contribution in [3.05, 3.63) is 54.6 Å². The Kier molecular flexibility index (Phi) is 4.19. The van der Waals surface area contributed by atoms with Crippen molar-refractivity contribution in [1.29, 1.82) is 0 Å². The molecule has 0 saturated carbocycles. The van der Waals surface area contributed by atoms with E-state index in [4.69, 9.17) is 4.74 Å². The molecular formula is C18H17FN2O. The number of ether oxygens (including phenoxy) is 1. The Labute approximate surface area is 128 Å². The highest BCUT2D eigenvalue weighted by molar-refractivity contribution is 5.85. The molecule has 0 aliphatic carbocycles. The third-order valence-corrected chi connectivity index (χ3v) is 3.50. The molecule has 0 spiro atoms. The molecule has 0 aliphatic rings. The number of nitrogens with zero attached hydrogens (tertiary/aromatic N) is 1. The first kappa shape index (κ1) is 14.3. The number of alkyl halides is 1. The molecule has 3 aromatic rings. The lowest BCUT2D eigenvalue weighted by molar-refractivity contribution is 0.265. The molecule has 0 radical (unpaired) electrons. The van der Waals surface area contributed by atoms with Crippen LogP contribution in [0.2, 0.25) is 0 Å². The number of hydrogen-bond acceptors (Lipinski definition) is 3. The quantitative estimate of drug-likeness (QED) is 0.762. The van der Waals surface area contributed by atoms with E-state index in [-0.39, 0.29) is 6.61 Å². The van der Waals surface area contributed by atoms with Gasteiger partial charge in [-0.25, -0.2) is 9.37 Å². The van der Waals surface area contributed by atoms with Crippen molar-refractivity contribution < 1.29 is 9.13 Å². The molecule has 0 saturated heterocycles. The monoisotopic (exact) mass is 295 g/mol. The maximum absolute atomic E-state index is 12.1.